The van der Waals surface area contributed by atoms with Gasteiger partial charge in [-0.05, 0) is 49.1 Å². The van der Waals surface area contributed by atoms with Gasteiger partial charge in [0.25, 0.3) is 0 Å². The normalized spacial score (nSPS) is 18.4. The topological polar surface area (TPSA) is 53.8 Å². The number of ether oxygens (including phenoxy) is 1. The van der Waals surface area contributed by atoms with Crippen molar-refractivity contribution in [2.24, 2.45) is 5.92 Å². The maximum atomic E-state index is 9.54. The number of piperazine rings is 1. The number of hydrogen-bond acceptors (Lipinski definition) is 5. The summed E-state index contributed by atoms with van der Waals surface area (Å²) in [6, 6.07) is 8.85. The van der Waals surface area contributed by atoms with E-state index in [0.29, 0.717) is 12.6 Å². The molecule has 1 aromatic carbocycles. The Kier molecular flexibility index (Phi) is 8.09. The number of aromatic nitrogens is 2. The van der Waals surface area contributed by atoms with Crippen molar-refractivity contribution in [2.45, 2.75) is 45.8 Å². The van der Waals surface area contributed by atoms with Crippen LogP contribution in [0.3, 0.4) is 0 Å². The number of aliphatic hydroxyl groups is 1. The maximum absolute atomic E-state index is 9.54. The van der Waals surface area contributed by atoms with Crippen LogP contribution in [0, 0.1) is 5.92 Å². The van der Waals surface area contributed by atoms with Crippen molar-refractivity contribution >= 4 is 0 Å². The van der Waals surface area contributed by atoms with Crippen LogP contribution in [0.1, 0.15) is 37.8 Å². The summed E-state index contributed by atoms with van der Waals surface area (Å²) in [4.78, 5) is 5.09. The van der Waals surface area contributed by atoms with E-state index in [1.165, 1.54) is 12.0 Å². The lowest BCUT2D eigenvalue weighted by Crippen LogP contribution is -2.53. The molecule has 1 atom stereocenters. The Morgan fingerprint density at radius 3 is 2.79 bits per heavy atom. The van der Waals surface area contributed by atoms with Crippen molar-refractivity contribution < 1.29 is 9.84 Å². The number of benzene rings is 1. The van der Waals surface area contributed by atoms with Crippen LogP contribution < -0.4 is 4.74 Å². The van der Waals surface area contributed by atoms with Crippen LogP contribution in [0.2, 0.25) is 0 Å². The molecule has 0 saturated carbocycles. The maximum Gasteiger partial charge on any atom is 0.123 e. The van der Waals surface area contributed by atoms with E-state index in [1.807, 2.05) is 16.9 Å². The summed E-state index contributed by atoms with van der Waals surface area (Å²) in [5.41, 5.74) is 2.45. The van der Waals surface area contributed by atoms with Gasteiger partial charge in [-0.2, -0.15) is 5.10 Å². The molecule has 160 valence electrons. The molecule has 0 spiro atoms. The standard InChI is InChI=1S/C23H36N4O2/c1-19(2)7-11-26-13-12-25(18-22(26)8-14-28)16-20-5-6-23(29-3)21(15-20)17-27-10-4-9-24-27/h4-6,9-10,15,19,22,28H,7-8,11-14,16-18H2,1-3H3/t22-/m0/s1. The summed E-state index contributed by atoms with van der Waals surface area (Å²) < 4.78 is 7.48. The number of nitrogens with zero attached hydrogens (tertiary/aromatic N) is 4. The first-order valence-electron chi connectivity index (χ1n) is 10.8. The van der Waals surface area contributed by atoms with E-state index in [-0.39, 0.29) is 6.61 Å². The van der Waals surface area contributed by atoms with Crippen LogP contribution in [0.25, 0.3) is 0 Å². The second kappa shape index (κ2) is 10.8. The molecule has 0 bridgehead atoms. The first-order chi connectivity index (χ1) is 14.1. The van der Waals surface area contributed by atoms with Gasteiger partial charge < -0.3 is 9.84 Å². The van der Waals surface area contributed by atoms with Gasteiger partial charge in [-0.15, -0.1) is 0 Å². The van der Waals surface area contributed by atoms with Gasteiger partial charge in [0.15, 0.2) is 0 Å². The summed E-state index contributed by atoms with van der Waals surface area (Å²) in [5, 5.41) is 13.9. The van der Waals surface area contributed by atoms with Crippen LogP contribution in [-0.4, -0.2) is 70.6 Å². The lowest BCUT2D eigenvalue weighted by Gasteiger charge is -2.41. The lowest BCUT2D eigenvalue weighted by atomic mass is 10.0. The zero-order chi connectivity index (χ0) is 20.6. The minimum atomic E-state index is 0.257. The molecule has 2 aromatic rings. The minimum Gasteiger partial charge on any atom is -0.496 e. The fourth-order valence-electron chi connectivity index (χ4n) is 4.12. The highest BCUT2D eigenvalue weighted by atomic mass is 16.5. The number of methoxy groups -OCH3 is 1. The van der Waals surface area contributed by atoms with Crippen LogP contribution in [0.5, 0.6) is 5.75 Å². The molecule has 0 aliphatic carbocycles. The first kappa shape index (κ1) is 21.8. The molecule has 1 N–H and O–H groups in total. The average molecular weight is 401 g/mol. The van der Waals surface area contributed by atoms with Crippen molar-refractivity contribution in [3.05, 3.63) is 47.8 Å². The second-order valence-corrected chi connectivity index (χ2v) is 8.47. The molecule has 0 amide bonds. The van der Waals surface area contributed by atoms with E-state index in [1.54, 1.807) is 13.3 Å². The second-order valence-electron chi connectivity index (χ2n) is 8.47. The third kappa shape index (κ3) is 6.29. The molecule has 1 saturated heterocycles. The van der Waals surface area contributed by atoms with Gasteiger partial charge in [0, 0.05) is 56.8 Å². The van der Waals surface area contributed by atoms with E-state index in [4.69, 9.17) is 4.74 Å². The summed E-state index contributed by atoms with van der Waals surface area (Å²) in [7, 11) is 1.72. The predicted molar refractivity (Wildman–Crippen MR) is 116 cm³/mol. The van der Waals surface area contributed by atoms with Gasteiger partial charge >= 0.3 is 0 Å². The molecule has 2 heterocycles. The van der Waals surface area contributed by atoms with Gasteiger partial charge in [0.1, 0.15) is 5.75 Å². The molecule has 1 aliphatic heterocycles. The lowest BCUT2D eigenvalue weighted by molar-refractivity contribution is 0.0524. The van der Waals surface area contributed by atoms with Crippen molar-refractivity contribution in [3.8, 4) is 5.75 Å². The Morgan fingerprint density at radius 1 is 1.24 bits per heavy atom. The Balaban J connectivity index is 1.64. The van der Waals surface area contributed by atoms with Gasteiger partial charge in [-0.25, -0.2) is 0 Å². The fraction of sp³-hybridized carbons (Fsp3) is 0.609. The monoisotopic (exact) mass is 400 g/mol. The van der Waals surface area contributed by atoms with Crippen LogP contribution in [0.4, 0.5) is 0 Å². The predicted octanol–water partition coefficient (Wildman–Crippen LogP) is 2.85. The molecule has 6 heteroatoms. The Bertz CT molecular complexity index is 732. The Hall–Kier alpha value is -1.89. The zero-order valence-corrected chi connectivity index (χ0v) is 18.1. The van der Waals surface area contributed by atoms with Crippen molar-refractivity contribution in [2.75, 3.05) is 39.9 Å². The number of aliphatic hydroxyl groups excluding tert-OH is 1. The smallest absolute Gasteiger partial charge is 0.123 e. The molecule has 1 aliphatic rings. The van der Waals surface area contributed by atoms with Crippen molar-refractivity contribution in [1.29, 1.82) is 0 Å². The summed E-state index contributed by atoms with van der Waals surface area (Å²) in [6.45, 7) is 10.7. The zero-order valence-electron chi connectivity index (χ0n) is 18.1. The van der Waals surface area contributed by atoms with E-state index < -0.39 is 0 Å². The molecule has 3 rings (SSSR count). The number of rotatable bonds is 10. The SMILES string of the molecule is COc1ccc(CN2CCN(CCC(C)C)[C@@H](CCO)C2)cc1Cn1cccn1. The van der Waals surface area contributed by atoms with Gasteiger partial charge in [-0.3, -0.25) is 14.5 Å². The van der Waals surface area contributed by atoms with E-state index in [2.05, 4.69) is 46.9 Å². The quantitative estimate of drug-likeness (QED) is 0.665. The molecule has 0 unspecified atom stereocenters. The average Bonchev–Trinajstić information content (AvgIpc) is 3.21. The Labute approximate surface area is 175 Å². The van der Waals surface area contributed by atoms with Gasteiger partial charge in [-0.1, -0.05) is 19.9 Å². The van der Waals surface area contributed by atoms with Crippen molar-refractivity contribution in [1.82, 2.24) is 19.6 Å². The fourth-order valence-corrected chi connectivity index (χ4v) is 4.12. The van der Waals surface area contributed by atoms with E-state index in [0.717, 1.165) is 56.4 Å². The van der Waals surface area contributed by atoms with Crippen LogP contribution in [0.15, 0.2) is 36.7 Å². The van der Waals surface area contributed by atoms with E-state index >= 15 is 0 Å². The molecular weight excluding hydrogens is 364 g/mol. The first-order valence-corrected chi connectivity index (χ1v) is 10.8. The molecule has 29 heavy (non-hydrogen) atoms. The molecule has 1 fully saturated rings. The highest BCUT2D eigenvalue weighted by Gasteiger charge is 2.26. The molecule has 0 radical (unpaired) electrons. The van der Waals surface area contributed by atoms with Crippen LogP contribution >= 0.6 is 0 Å². The van der Waals surface area contributed by atoms with Crippen LogP contribution in [-0.2, 0) is 13.1 Å². The molecule has 1 aromatic heterocycles. The highest BCUT2D eigenvalue weighted by Crippen LogP contribution is 2.23. The summed E-state index contributed by atoms with van der Waals surface area (Å²) in [6.07, 6.45) is 5.84. The Morgan fingerprint density at radius 2 is 2.10 bits per heavy atom. The summed E-state index contributed by atoms with van der Waals surface area (Å²) in [5.74, 6) is 1.62. The van der Waals surface area contributed by atoms with E-state index in [9.17, 15) is 5.11 Å². The molecular formula is C23H36N4O2. The highest BCUT2D eigenvalue weighted by molar-refractivity contribution is 5.37. The summed E-state index contributed by atoms with van der Waals surface area (Å²) >= 11 is 0. The third-order valence-corrected chi connectivity index (χ3v) is 5.79. The number of hydrogen-bond donors (Lipinski definition) is 1. The van der Waals surface area contributed by atoms with Gasteiger partial charge in [0.05, 0.1) is 13.7 Å². The third-order valence-electron chi connectivity index (χ3n) is 5.79. The van der Waals surface area contributed by atoms with Gasteiger partial charge in [0.2, 0.25) is 0 Å². The minimum absolute atomic E-state index is 0.257. The largest absolute Gasteiger partial charge is 0.496 e. The van der Waals surface area contributed by atoms with Crippen molar-refractivity contribution in [3.63, 3.8) is 0 Å². The molecule has 6 nitrogen and oxygen atoms in total.